The van der Waals surface area contributed by atoms with E-state index < -0.39 is 0 Å². The van der Waals surface area contributed by atoms with Crippen LogP contribution in [0.5, 0.6) is 5.95 Å². The number of unbranched alkanes of at least 4 members (excludes halogenated alkanes) is 1. The Kier molecular flexibility index (Phi) is 4.12. The SMILES string of the molecule is CCCCC(=O)Oc1cc(-c2ccccc2)no1. The summed E-state index contributed by atoms with van der Waals surface area (Å²) >= 11 is 0. The molecule has 94 valence electrons. The summed E-state index contributed by atoms with van der Waals surface area (Å²) in [7, 11) is 0. The van der Waals surface area contributed by atoms with Crippen molar-refractivity contribution in [2.45, 2.75) is 26.2 Å². The number of carbonyl (C=O) groups excluding carboxylic acids is 1. The quantitative estimate of drug-likeness (QED) is 0.757. The van der Waals surface area contributed by atoms with Crippen molar-refractivity contribution >= 4 is 5.97 Å². The maximum atomic E-state index is 11.4. The Morgan fingerprint density at radius 3 is 2.83 bits per heavy atom. The zero-order valence-corrected chi connectivity index (χ0v) is 10.3. The van der Waals surface area contributed by atoms with E-state index in [0.29, 0.717) is 12.1 Å². The van der Waals surface area contributed by atoms with Gasteiger partial charge in [-0.2, -0.15) is 0 Å². The molecule has 1 heterocycles. The average molecular weight is 245 g/mol. The summed E-state index contributed by atoms with van der Waals surface area (Å²) < 4.78 is 10.0. The largest absolute Gasteiger partial charge is 0.391 e. The number of ether oxygens (including phenoxy) is 1. The molecule has 0 fully saturated rings. The Labute approximate surface area is 106 Å². The van der Waals surface area contributed by atoms with E-state index in [2.05, 4.69) is 5.16 Å². The topological polar surface area (TPSA) is 52.3 Å². The maximum absolute atomic E-state index is 11.4. The first-order valence-electron chi connectivity index (χ1n) is 6.02. The molecule has 0 saturated heterocycles. The molecule has 4 heteroatoms. The van der Waals surface area contributed by atoms with E-state index in [1.165, 1.54) is 0 Å². The normalized spacial score (nSPS) is 10.3. The van der Waals surface area contributed by atoms with Crippen molar-refractivity contribution in [1.82, 2.24) is 5.16 Å². The van der Waals surface area contributed by atoms with Gasteiger partial charge < -0.3 is 9.26 Å². The molecule has 0 unspecified atom stereocenters. The Hall–Kier alpha value is -2.10. The summed E-state index contributed by atoms with van der Waals surface area (Å²) in [5.41, 5.74) is 1.59. The zero-order chi connectivity index (χ0) is 12.8. The standard InChI is InChI=1S/C14H15NO3/c1-2-3-9-13(16)17-14-10-12(15-18-14)11-7-5-4-6-8-11/h4-8,10H,2-3,9H2,1H3. The lowest BCUT2D eigenvalue weighted by molar-refractivity contribution is -0.135. The zero-order valence-electron chi connectivity index (χ0n) is 10.3. The molecule has 0 bridgehead atoms. The monoisotopic (exact) mass is 245 g/mol. The van der Waals surface area contributed by atoms with Crippen LogP contribution in [-0.4, -0.2) is 11.1 Å². The van der Waals surface area contributed by atoms with Crippen LogP contribution in [0.25, 0.3) is 11.3 Å². The Balaban J connectivity index is 2.00. The molecule has 2 rings (SSSR count). The highest BCUT2D eigenvalue weighted by molar-refractivity contribution is 5.72. The minimum atomic E-state index is -0.285. The lowest BCUT2D eigenvalue weighted by Gasteiger charge is -1.97. The lowest BCUT2D eigenvalue weighted by atomic mass is 10.2. The van der Waals surface area contributed by atoms with Gasteiger partial charge in [0.2, 0.25) is 0 Å². The summed E-state index contributed by atoms with van der Waals surface area (Å²) in [5.74, 6) is -0.137. The van der Waals surface area contributed by atoms with E-state index in [0.717, 1.165) is 18.4 Å². The molecule has 1 aromatic heterocycles. The van der Waals surface area contributed by atoms with Gasteiger partial charge in [0.15, 0.2) is 0 Å². The smallest absolute Gasteiger partial charge is 0.319 e. The van der Waals surface area contributed by atoms with Crippen LogP contribution in [0.3, 0.4) is 0 Å². The molecule has 0 amide bonds. The Morgan fingerprint density at radius 1 is 1.33 bits per heavy atom. The van der Waals surface area contributed by atoms with E-state index in [1.807, 2.05) is 37.3 Å². The number of hydrogen-bond donors (Lipinski definition) is 0. The third-order valence-electron chi connectivity index (χ3n) is 2.51. The van der Waals surface area contributed by atoms with Crippen molar-refractivity contribution in [1.29, 1.82) is 0 Å². The van der Waals surface area contributed by atoms with Crippen LogP contribution in [0.15, 0.2) is 40.9 Å². The van der Waals surface area contributed by atoms with Gasteiger partial charge in [-0.25, -0.2) is 0 Å². The summed E-state index contributed by atoms with van der Waals surface area (Å²) in [6, 6.07) is 11.2. The van der Waals surface area contributed by atoms with Gasteiger partial charge in [0.1, 0.15) is 5.69 Å². The van der Waals surface area contributed by atoms with Gasteiger partial charge >= 0.3 is 11.9 Å². The molecule has 0 atom stereocenters. The van der Waals surface area contributed by atoms with E-state index in [-0.39, 0.29) is 11.9 Å². The highest BCUT2D eigenvalue weighted by atomic mass is 16.6. The summed E-state index contributed by atoms with van der Waals surface area (Å²) in [6.45, 7) is 2.02. The van der Waals surface area contributed by atoms with Crippen molar-refractivity contribution in [2.24, 2.45) is 0 Å². The minimum Gasteiger partial charge on any atom is -0.391 e. The maximum Gasteiger partial charge on any atom is 0.319 e. The van der Waals surface area contributed by atoms with Gasteiger partial charge in [-0.05, 0) is 6.42 Å². The number of nitrogens with zero attached hydrogens (tertiary/aromatic N) is 1. The molecule has 0 N–H and O–H groups in total. The number of carbonyl (C=O) groups is 1. The third-order valence-corrected chi connectivity index (χ3v) is 2.51. The predicted octanol–water partition coefficient (Wildman–Crippen LogP) is 3.44. The Morgan fingerprint density at radius 2 is 2.11 bits per heavy atom. The molecule has 2 aromatic rings. The predicted molar refractivity (Wildman–Crippen MR) is 67.1 cm³/mol. The number of aromatic nitrogens is 1. The first-order chi connectivity index (χ1) is 8.79. The number of rotatable bonds is 5. The minimum absolute atomic E-state index is 0.148. The van der Waals surface area contributed by atoms with Crippen LogP contribution in [0.1, 0.15) is 26.2 Å². The van der Waals surface area contributed by atoms with Gasteiger partial charge in [-0.1, -0.05) is 48.8 Å². The van der Waals surface area contributed by atoms with Gasteiger partial charge in [-0.3, -0.25) is 4.79 Å². The van der Waals surface area contributed by atoms with E-state index in [4.69, 9.17) is 9.26 Å². The molecule has 0 aliphatic carbocycles. The molecule has 0 aliphatic rings. The van der Waals surface area contributed by atoms with Crippen molar-refractivity contribution in [3.05, 3.63) is 36.4 Å². The van der Waals surface area contributed by atoms with Crippen molar-refractivity contribution < 1.29 is 14.1 Å². The lowest BCUT2D eigenvalue weighted by Crippen LogP contribution is -2.06. The van der Waals surface area contributed by atoms with Gasteiger partial charge in [0.25, 0.3) is 0 Å². The average Bonchev–Trinajstić information content (AvgIpc) is 2.86. The second kappa shape index (κ2) is 6.00. The molecule has 1 aromatic carbocycles. The summed E-state index contributed by atoms with van der Waals surface area (Å²) in [5, 5.41) is 3.87. The van der Waals surface area contributed by atoms with Crippen LogP contribution in [0, 0.1) is 0 Å². The number of benzene rings is 1. The van der Waals surface area contributed by atoms with Crippen molar-refractivity contribution in [3.63, 3.8) is 0 Å². The fraction of sp³-hybridized carbons (Fsp3) is 0.286. The van der Waals surface area contributed by atoms with Crippen LogP contribution < -0.4 is 4.74 Å². The molecule has 0 spiro atoms. The molecule has 4 nitrogen and oxygen atoms in total. The first-order valence-corrected chi connectivity index (χ1v) is 6.02. The summed E-state index contributed by atoms with van der Waals surface area (Å²) in [4.78, 5) is 11.4. The third kappa shape index (κ3) is 3.20. The second-order valence-corrected chi connectivity index (χ2v) is 3.97. The van der Waals surface area contributed by atoms with E-state index >= 15 is 0 Å². The van der Waals surface area contributed by atoms with Gasteiger partial charge in [-0.15, -0.1) is 0 Å². The molecule has 0 aliphatic heterocycles. The molecule has 0 saturated carbocycles. The Bertz CT molecular complexity index is 505. The first kappa shape index (κ1) is 12.4. The summed E-state index contributed by atoms with van der Waals surface area (Å²) in [6.07, 6.45) is 2.18. The van der Waals surface area contributed by atoms with E-state index in [9.17, 15) is 4.79 Å². The highest BCUT2D eigenvalue weighted by Gasteiger charge is 2.10. The van der Waals surface area contributed by atoms with Crippen LogP contribution in [-0.2, 0) is 4.79 Å². The van der Waals surface area contributed by atoms with Gasteiger partial charge in [0, 0.05) is 12.0 Å². The fourth-order valence-electron chi connectivity index (χ4n) is 1.54. The fourth-order valence-corrected chi connectivity index (χ4v) is 1.54. The van der Waals surface area contributed by atoms with Crippen molar-refractivity contribution in [3.8, 4) is 17.2 Å². The molecular weight excluding hydrogens is 230 g/mol. The highest BCUT2D eigenvalue weighted by Crippen LogP contribution is 2.22. The molecule has 0 radical (unpaired) electrons. The van der Waals surface area contributed by atoms with Crippen LogP contribution in [0.2, 0.25) is 0 Å². The van der Waals surface area contributed by atoms with Crippen molar-refractivity contribution in [2.75, 3.05) is 0 Å². The van der Waals surface area contributed by atoms with Crippen LogP contribution >= 0.6 is 0 Å². The second-order valence-electron chi connectivity index (χ2n) is 3.97. The molecule has 18 heavy (non-hydrogen) atoms. The van der Waals surface area contributed by atoms with Gasteiger partial charge in [0.05, 0.1) is 6.07 Å². The van der Waals surface area contributed by atoms with E-state index in [1.54, 1.807) is 6.07 Å². The number of esters is 1. The van der Waals surface area contributed by atoms with Crippen LogP contribution in [0.4, 0.5) is 0 Å². The number of hydrogen-bond acceptors (Lipinski definition) is 4. The molecular formula is C14H15NO3.